The Morgan fingerprint density at radius 2 is 2.11 bits per heavy atom. The number of hydrogen-bond acceptors (Lipinski definition) is 4. The zero-order chi connectivity index (χ0) is 13.6. The molecule has 0 aliphatic rings. The van der Waals surface area contributed by atoms with Crippen LogP contribution >= 0.6 is 0 Å². The molecule has 1 aromatic carbocycles. The van der Waals surface area contributed by atoms with E-state index in [0.29, 0.717) is 17.5 Å². The molecule has 0 radical (unpaired) electrons. The van der Waals surface area contributed by atoms with Gasteiger partial charge in [0.05, 0.1) is 24.0 Å². The maximum Gasteiger partial charge on any atom is 0.216 e. The van der Waals surface area contributed by atoms with E-state index in [1.165, 1.54) is 0 Å². The summed E-state index contributed by atoms with van der Waals surface area (Å²) in [5.41, 5.74) is 0.806. The summed E-state index contributed by atoms with van der Waals surface area (Å²) in [5.74, 6) is -0.257. The Bertz CT molecular complexity index is 530. The van der Waals surface area contributed by atoms with Gasteiger partial charge in [0.1, 0.15) is 0 Å². The molecule has 98 valence electrons. The molecule has 0 aliphatic carbocycles. The number of benzene rings is 1. The van der Waals surface area contributed by atoms with Gasteiger partial charge in [-0.25, -0.2) is 13.1 Å². The third-order valence-corrected chi connectivity index (χ3v) is 3.93. The molecular formula is C12H16N2O3S. The second kappa shape index (κ2) is 6.50. The van der Waals surface area contributed by atoms with E-state index in [2.05, 4.69) is 4.72 Å². The highest BCUT2D eigenvalue weighted by atomic mass is 32.2. The summed E-state index contributed by atoms with van der Waals surface area (Å²) in [6.45, 7) is 1.54. The number of nitriles is 1. The second-order valence-corrected chi connectivity index (χ2v) is 5.69. The molecule has 0 aromatic heterocycles. The summed E-state index contributed by atoms with van der Waals surface area (Å²) in [7, 11) is -3.55. The molecule has 0 spiro atoms. The van der Waals surface area contributed by atoms with E-state index in [-0.39, 0.29) is 12.4 Å². The lowest BCUT2D eigenvalue weighted by Crippen LogP contribution is -2.37. The summed E-state index contributed by atoms with van der Waals surface area (Å²) in [6, 6.07) is 8.04. The molecule has 0 saturated heterocycles. The first-order valence-electron chi connectivity index (χ1n) is 5.61. The first-order valence-corrected chi connectivity index (χ1v) is 7.26. The average molecular weight is 268 g/mol. The van der Waals surface area contributed by atoms with E-state index in [0.717, 1.165) is 0 Å². The zero-order valence-corrected chi connectivity index (χ0v) is 10.9. The lowest BCUT2D eigenvalue weighted by molar-refractivity contribution is 0.254. The Hall–Kier alpha value is -1.42. The van der Waals surface area contributed by atoms with Gasteiger partial charge in [-0.2, -0.15) is 5.26 Å². The zero-order valence-electron chi connectivity index (χ0n) is 10.1. The predicted octanol–water partition coefficient (Wildman–Crippen LogP) is 0.749. The molecule has 1 rings (SSSR count). The van der Waals surface area contributed by atoms with E-state index >= 15 is 0 Å². The van der Waals surface area contributed by atoms with Crippen molar-refractivity contribution in [3.63, 3.8) is 0 Å². The molecule has 0 bridgehead atoms. The van der Waals surface area contributed by atoms with Crippen molar-refractivity contribution in [2.75, 3.05) is 6.61 Å². The van der Waals surface area contributed by atoms with Crippen molar-refractivity contribution in [1.82, 2.24) is 4.72 Å². The number of aliphatic hydroxyl groups is 1. The van der Waals surface area contributed by atoms with E-state index in [1.807, 2.05) is 6.07 Å². The first-order chi connectivity index (χ1) is 8.52. The van der Waals surface area contributed by atoms with Crippen LogP contribution in [0.4, 0.5) is 0 Å². The molecule has 0 fully saturated rings. The lowest BCUT2D eigenvalue weighted by atomic mass is 10.1. The molecule has 0 amide bonds. The van der Waals surface area contributed by atoms with Gasteiger partial charge in [0.15, 0.2) is 0 Å². The molecule has 0 saturated carbocycles. The smallest absolute Gasteiger partial charge is 0.216 e. The van der Waals surface area contributed by atoms with Gasteiger partial charge in [-0.1, -0.05) is 25.1 Å². The predicted molar refractivity (Wildman–Crippen MR) is 68.1 cm³/mol. The van der Waals surface area contributed by atoms with Gasteiger partial charge in [0.2, 0.25) is 10.0 Å². The van der Waals surface area contributed by atoms with Gasteiger partial charge in [0, 0.05) is 6.04 Å². The standard InChI is InChI=1S/C12H16N2O3S/c1-2-12(8-15)14-18(16,17)9-11-6-4-3-5-10(11)7-13/h3-6,12,14-15H,2,8-9H2,1H3. The third-order valence-electron chi connectivity index (χ3n) is 2.54. The van der Waals surface area contributed by atoms with Crippen LogP contribution in [0.3, 0.4) is 0 Å². The molecule has 1 atom stereocenters. The average Bonchev–Trinajstić information content (AvgIpc) is 2.36. The van der Waals surface area contributed by atoms with Crippen molar-refractivity contribution in [2.45, 2.75) is 25.1 Å². The Kier molecular flexibility index (Phi) is 5.28. The third kappa shape index (κ3) is 4.11. The number of aliphatic hydroxyl groups excluding tert-OH is 1. The maximum atomic E-state index is 11.9. The molecule has 1 unspecified atom stereocenters. The van der Waals surface area contributed by atoms with Crippen LogP contribution in [0.15, 0.2) is 24.3 Å². The van der Waals surface area contributed by atoms with Crippen molar-refractivity contribution in [1.29, 1.82) is 5.26 Å². The monoisotopic (exact) mass is 268 g/mol. The molecule has 1 aromatic rings. The second-order valence-electron chi connectivity index (χ2n) is 3.93. The van der Waals surface area contributed by atoms with Crippen molar-refractivity contribution < 1.29 is 13.5 Å². The number of rotatable bonds is 6. The van der Waals surface area contributed by atoms with Crippen LogP contribution in [0.2, 0.25) is 0 Å². The van der Waals surface area contributed by atoms with Crippen LogP contribution in [0.1, 0.15) is 24.5 Å². The number of nitrogens with zero attached hydrogens (tertiary/aromatic N) is 1. The molecule has 0 heterocycles. The summed E-state index contributed by atoms with van der Waals surface area (Å²) in [5, 5.41) is 17.9. The van der Waals surface area contributed by atoms with Gasteiger partial charge in [0.25, 0.3) is 0 Å². The van der Waals surface area contributed by atoms with E-state index < -0.39 is 16.1 Å². The largest absolute Gasteiger partial charge is 0.395 e. The highest BCUT2D eigenvalue weighted by Crippen LogP contribution is 2.11. The Morgan fingerprint density at radius 1 is 1.44 bits per heavy atom. The Morgan fingerprint density at radius 3 is 2.67 bits per heavy atom. The number of hydrogen-bond donors (Lipinski definition) is 2. The van der Waals surface area contributed by atoms with E-state index in [4.69, 9.17) is 10.4 Å². The van der Waals surface area contributed by atoms with Crippen LogP contribution < -0.4 is 4.72 Å². The fourth-order valence-electron chi connectivity index (χ4n) is 1.51. The summed E-state index contributed by atoms with van der Waals surface area (Å²) in [4.78, 5) is 0. The number of sulfonamides is 1. The van der Waals surface area contributed by atoms with Gasteiger partial charge in [-0.05, 0) is 18.1 Å². The first kappa shape index (κ1) is 14.6. The molecule has 6 heteroatoms. The van der Waals surface area contributed by atoms with Gasteiger partial charge in [-0.3, -0.25) is 0 Å². The molecular weight excluding hydrogens is 252 g/mol. The Balaban J connectivity index is 2.86. The van der Waals surface area contributed by atoms with Crippen molar-refractivity contribution in [3.05, 3.63) is 35.4 Å². The van der Waals surface area contributed by atoms with Crippen molar-refractivity contribution in [3.8, 4) is 6.07 Å². The van der Waals surface area contributed by atoms with Crippen molar-refractivity contribution in [2.24, 2.45) is 0 Å². The van der Waals surface area contributed by atoms with Crippen LogP contribution in [-0.2, 0) is 15.8 Å². The van der Waals surface area contributed by atoms with Gasteiger partial charge in [-0.15, -0.1) is 0 Å². The topological polar surface area (TPSA) is 90.2 Å². The molecule has 0 aliphatic heterocycles. The van der Waals surface area contributed by atoms with Crippen molar-refractivity contribution >= 4 is 10.0 Å². The quantitative estimate of drug-likeness (QED) is 0.796. The van der Waals surface area contributed by atoms with E-state index in [9.17, 15) is 8.42 Å². The fraction of sp³-hybridized carbons (Fsp3) is 0.417. The molecule has 18 heavy (non-hydrogen) atoms. The van der Waals surface area contributed by atoms with Crippen LogP contribution in [0.25, 0.3) is 0 Å². The SMILES string of the molecule is CCC(CO)NS(=O)(=O)Cc1ccccc1C#N. The minimum Gasteiger partial charge on any atom is -0.395 e. The lowest BCUT2D eigenvalue weighted by Gasteiger charge is -2.14. The fourth-order valence-corrected chi connectivity index (χ4v) is 3.00. The maximum absolute atomic E-state index is 11.9. The van der Waals surface area contributed by atoms with Gasteiger partial charge >= 0.3 is 0 Å². The minimum atomic E-state index is -3.55. The van der Waals surface area contributed by atoms with Crippen LogP contribution in [-0.4, -0.2) is 26.2 Å². The van der Waals surface area contributed by atoms with Crippen LogP contribution in [0.5, 0.6) is 0 Å². The Labute approximate surface area is 107 Å². The van der Waals surface area contributed by atoms with Gasteiger partial charge < -0.3 is 5.11 Å². The summed E-state index contributed by atoms with van der Waals surface area (Å²) >= 11 is 0. The highest BCUT2D eigenvalue weighted by Gasteiger charge is 2.18. The highest BCUT2D eigenvalue weighted by molar-refractivity contribution is 7.88. The molecule has 2 N–H and O–H groups in total. The normalized spacial score (nSPS) is 12.9. The summed E-state index contributed by atoms with van der Waals surface area (Å²) < 4.78 is 26.1. The summed E-state index contributed by atoms with van der Waals surface area (Å²) in [6.07, 6.45) is 0.510. The number of nitrogens with one attached hydrogen (secondary N) is 1. The van der Waals surface area contributed by atoms with Crippen LogP contribution in [0, 0.1) is 11.3 Å². The van der Waals surface area contributed by atoms with E-state index in [1.54, 1.807) is 31.2 Å². The molecule has 5 nitrogen and oxygen atoms in total. The minimum absolute atomic E-state index is 0.240.